The predicted octanol–water partition coefficient (Wildman–Crippen LogP) is 4.43. The SMILES string of the molecule is CCOc1ccc(S(=O)(=O)N2CCC(C(=O)Nc3cc(Cl)cc(Cl)c3)CC2)cc1. The van der Waals surface area contributed by atoms with Gasteiger partial charge in [-0.1, -0.05) is 23.2 Å². The third kappa shape index (κ3) is 5.42. The molecule has 2 aromatic rings. The molecule has 0 unspecified atom stereocenters. The molecular formula is C20H22Cl2N2O4S. The van der Waals surface area contributed by atoms with Gasteiger partial charge >= 0.3 is 0 Å². The van der Waals surface area contributed by atoms with Crippen LogP contribution in [0, 0.1) is 5.92 Å². The number of anilines is 1. The average molecular weight is 457 g/mol. The van der Waals surface area contributed by atoms with Crippen LogP contribution in [0.2, 0.25) is 10.0 Å². The fourth-order valence-electron chi connectivity index (χ4n) is 3.25. The molecule has 0 radical (unpaired) electrons. The van der Waals surface area contributed by atoms with Crippen LogP contribution < -0.4 is 10.1 Å². The van der Waals surface area contributed by atoms with Crippen molar-refractivity contribution >= 4 is 44.8 Å². The number of hydrogen-bond donors (Lipinski definition) is 1. The number of hydrogen-bond acceptors (Lipinski definition) is 4. The molecule has 0 aliphatic carbocycles. The molecule has 9 heteroatoms. The maximum absolute atomic E-state index is 12.9. The highest BCUT2D eigenvalue weighted by atomic mass is 35.5. The van der Waals surface area contributed by atoms with Crippen LogP contribution in [0.1, 0.15) is 19.8 Å². The first-order chi connectivity index (χ1) is 13.8. The molecule has 0 aromatic heterocycles. The number of ether oxygens (including phenoxy) is 1. The first-order valence-electron chi connectivity index (χ1n) is 9.29. The fraction of sp³-hybridized carbons (Fsp3) is 0.350. The van der Waals surface area contributed by atoms with Gasteiger partial charge in [-0.15, -0.1) is 0 Å². The Bertz CT molecular complexity index is 952. The van der Waals surface area contributed by atoms with E-state index >= 15 is 0 Å². The monoisotopic (exact) mass is 456 g/mol. The summed E-state index contributed by atoms with van der Waals surface area (Å²) < 4.78 is 32.5. The summed E-state index contributed by atoms with van der Waals surface area (Å²) in [4.78, 5) is 12.8. The fourth-order valence-corrected chi connectivity index (χ4v) is 5.25. The van der Waals surface area contributed by atoms with E-state index in [2.05, 4.69) is 5.32 Å². The zero-order valence-electron chi connectivity index (χ0n) is 15.9. The van der Waals surface area contributed by atoms with Crippen molar-refractivity contribution in [2.24, 2.45) is 5.92 Å². The lowest BCUT2D eigenvalue weighted by Crippen LogP contribution is -2.41. The first kappa shape index (κ1) is 21.9. The lowest BCUT2D eigenvalue weighted by Gasteiger charge is -2.30. The van der Waals surface area contributed by atoms with Crippen molar-refractivity contribution in [1.29, 1.82) is 0 Å². The highest BCUT2D eigenvalue weighted by molar-refractivity contribution is 7.89. The number of nitrogens with zero attached hydrogens (tertiary/aromatic N) is 1. The second-order valence-corrected chi connectivity index (χ2v) is 9.54. The molecule has 2 aromatic carbocycles. The summed E-state index contributed by atoms with van der Waals surface area (Å²) in [7, 11) is -3.60. The standard InChI is InChI=1S/C20H22Cl2N2O4S/c1-2-28-18-3-5-19(6-4-18)29(26,27)24-9-7-14(8-10-24)20(25)23-17-12-15(21)11-16(22)13-17/h3-6,11-14H,2,7-10H2,1H3,(H,23,25). The van der Waals surface area contributed by atoms with Gasteiger partial charge in [0.1, 0.15) is 5.75 Å². The molecule has 1 amide bonds. The third-order valence-corrected chi connectivity index (χ3v) is 7.08. The van der Waals surface area contributed by atoms with Crippen molar-refractivity contribution in [3.8, 4) is 5.75 Å². The minimum Gasteiger partial charge on any atom is -0.494 e. The summed E-state index contributed by atoms with van der Waals surface area (Å²) in [6.45, 7) is 2.95. The van der Waals surface area contributed by atoms with E-state index in [1.165, 1.54) is 4.31 Å². The molecule has 1 aliphatic rings. The second kappa shape index (κ2) is 9.34. The molecule has 0 bridgehead atoms. The molecule has 0 spiro atoms. The van der Waals surface area contributed by atoms with Crippen LogP contribution in [0.15, 0.2) is 47.4 Å². The zero-order valence-corrected chi connectivity index (χ0v) is 18.2. The minimum absolute atomic E-state index is 0.165. The predicted molar refractivity (Wildman–Crippen MR) is 114 cm³/mol. The van der Waals surface area contributed by atoms with Crippen LogP contribution in [0.5, 0.6) is 5.75 Å². The number of piperidine rings is 1. The maximum atomic E-state index is 12.9. The zero-order chi connectivity index (χ0) is 21.0. The Morgan fingerprint density at radius 1 is 1.10 bits per heavy atom. The van der Waals surface area contributed by atoms with Crippen molar-refractivity contribution in [1.82, 2.24) is 4.31 Å². The quantitative estimate of drug-likeness (QED) is 0.697. The third-order valence-electron chi connectivity index (χ3n) is 4.73. The maximum Gasteiger partial charge on any atom is 0.243 e. The molecule has 1 saturated heterocycles. The van der Waals surface area contributed by atoms with Gasteiger partial charge in [-0.25, -0.2) is 8.42 Å². The summed E-state index contributed by atoms with van der Waals surface area (Å²) in [6.07, 6.45) is 0.882. The van der Waals surface area contributed by atoms with Crippen LogP contribution in [0.25, 0.3) is 0 Å². The molecule has 1 fully saturated rings. The summed E-state index contributed by atoms with van der Waals surface area (Å²) >= 11 is 11.9. The van der Waals surface area contributed by atoms with E-state index in [1.807, 2.05) is 6.92 Å². The van der Waals surface area contributed by atoms with E-state index < -0.39 is 10.0 Å². The Balaban J connectivity index is 1.61. The van der Waals surface area contributed by atoms with Crippen molar-refractivity contribution in [2.75, 3.05) is 25.0 Å². The van der Waals surface area contributed by atoms with E-state index in [0.717, 1.165) is 0 Å². The lowest BCUT2D eigenvalue weighted by molar-refractivity contribution is -0.120. The highest BCUT2D eigenvalue weighted by Gasteiger charge is 2.32. The smallest absolute Gasteiger partial charge is 0.243 e. The van der Waals surface area contributed by atoms with Crippen molar-refractivity contribution in [3.63, 3.8) is 0 Å². The minimum atomic E-state index is -3.60. The molecule has 156 valence electrons. The summed E-state index contributed by atoms with van der Waals surface area (Å²) in [5.74, 6) is 0.184. The number of sulfonamides is 1. The molecule has 3 rings (SSSR count). The summed E-state index contributed by atoms with van der Waals surface area (Å²) in [5.41, 5.74) is 0.525. The van der Waals surface area contributed by atoms with E-state index in [0.29, 0.717) is 40.9 Å². The number of benzene rings is 2. The molecule has 1 aliphatic heterocycles. The summed E-state index contributed by atoms with van der Waals surface area (Å²) in [6, 6.07) is 11.2. The number of halogens is 2. The molecule has 6 nitrogen and oxygen atoms in total. The van der Waals surface area contributed by atoms with Gasteiger partial charge in [0.15, 0.2) is 0 Å². The van der Waals surface area contributed by atoms with Crippen molar-refractivity contribution < 1.29 is 17.9 Å². The van der Waals surface area contributed by atoms with Crippen LogP contribution in [-0.2, 0) is 14.8 Å². The number of carbonyl (C=O) groups is 1. The Morgan fingerprint density at radius 3 is 2.24 bits per heavy atom. The summed E-state index contributed by atoms with van der Waals surface area (Å²) in [5, 5.41) is 3.68. The second-order valence-electron chi connectivity index (χ2n) is 6.73. The van der Waals surface area contributed by atoms with Crippen LogP contribution in [-0.4, -0.2) is 38.3 Å². The van der Waals surface area contributed by atoms with Crippen LogP contribution >= 0.6 is 23.2 Å². The van der Waals surface area contributed by atoms with Gasteiger partial charge in [0, 0.05) is 34.7 Å². The van der Waals surface area contributed by atoms with Gasteiger partial charge in [0.25, 0.3) is 0 Å². The Labute approximate surface area is 180 Å². The normalized spacial score (nSPS) is 15.8. The molecular weight excluding hydrogens is 435 g/mol. The number of rotatable bonds is 6. The van der Waals surface area contributed by atoms with Gasteiger partial charge in [0.2, 0.25) is 15.9 Å². The van der Waals surface area contributed by atoms with Gasteiger partial charge < -0.3 is 10.1 Å². The molecule has 1 N–H and O–H groups in total. The number of carbonyl (C=O) groups excluding carboxylic acids is 1. The van der Waals surface area contributed by atoms with Crippen LogP contribution in [0.4, 0.5) is 5.69 Å². The Kier molecular flexibility index (Phi) is 7.05. The Morgan fingerprint density at radius 2 is 1.69 bits per heavy atom. The van der Waals surface area contributed by atoms with E-state index in [4.69, 9.17) is 27.9 Å². The van der Waals surface area contributed by atoms with E-state index in [-0.39, 0.29) is 29.8 Å². The average Bonchev–Trinajstić information content (AvgIpc) is 2.68. The molecule has 29 heavy (non-hydrogen) atoms. The highest BCUT2D eigenvalue weighted by Crippen LogP contribution is 2.27. The number of amides is 1. The molecule has 0 atom stereocenters. The topological polar surface area (TPSA) is 75.7 Å². The largest absolute Gasteiger partial charge is 0.494 e. The van der Waals surface area contributed by atoms with Crippen LogP contribution in [0.3, 0.4) is 0 Å². The van der Waals surface area contributed by atoms with Gasteiger partial charge in [0.05, 0.1) is 11.5 Å². The van der Waals surface area contributed by atoms with Crippen molar-refractivity contribution in [2.45, 2.75) is 24.7 Å². The number of nitrogens with one attached hydrogen (secondary N) is 1. The van der Waals surface area contributed by atoms with E-state index in [1.54, 1.807) is 42.5 Å². The Hall–Kier alpha value is -1.80. The molecule has 1 heterocycles. The van der Waals surface area contributed by atoms with Gasteiger partial charge in [-0.3, -0.25) is 4.79 Å². The van der Waals surface area contributed by atoms with Gasteiger partial charge in [-0.05, 0) is 62.2 Å². The van der Waals surface area contributed by atoms with Gasteiger partial charge in [-0.2, -0.15) is 4.31 Å². The van der Waals surface area contributed by atoms with E-state index in [9.17, 15) is 13.2 Å². The first-order valence-corrected chi connectivity index (χ1v) is 11.5. The van der Waals surface area contributed by atoms with Crippen molar-refractivity contribution in [3.05, 3.63) is 52.5 Å². The lowest BCUT2D eigenvalue weighted by atomic mass is 9.97. The molecule has 0 saturated carbocycles.